The van der Waals surface area contributed by atoms with Gasteiger partial charge in [0.2, 0.25) is 0 Å². The average Bonchev–Trinajstić information content (AvgIpc) is 1.90. The van der Waals surface area contributed by atoms with E-state index >= 15 is 0 Å². The zero-order valence-corrected chi connectivity index (χ0v) is 12.9. The Morgan fingerprint density at radius 1 is 1.50 bits per heavy atom. The van der Waals surface area contributed by atoms with Gasteiger partial charge in [-0.3, -0.25) is 0 Å². The Bertz CT molecular complexity index is 172. The standard InChI is InChI=1S/C8H10N.Rf/c1-7(2)8-4-3-5-9-6-8;/h4-7H,1-2H3;/q-1;. The van der Waals surface area contributed by atoms with Crippen LogP contribution < -0.4 is 0 Å². The van der Waals surface area contributed by atoms with Crippen LogP contribution in [0.15, 0.2) is 18.5 Å². The number of pyridine rings is 1. The third-order valence-corrected chi connectivity index (χ3v) is 1.29. The summed E-state index contributed by atoms with van der Waals surface area (Å²) in [5, 5.41) is 0. The van der Waals surface area contributed by atoms with Gasteiger partial charge < -0.3 is 4.98 Å². The monoisotopic (exact) mass is 387 g/mol. The smallest absolute Gasteiger partial charge is 0 e. The van der Waals surface area contributed by atoms with Gasteiger partial charge in [-0.1, -0.05) is 32.2 Å². The van der Waals surface area contributed by atoms with Gasteiger partial charge in [0, 0.05) is 0 Å². The second kappa shape index (κ2) is 3.23. The first kappa shape index (κ1) is 8.15. The molecule has 0 spiro atoms. The van der Waals surface area contributed by atoms with Crippen molar-refractivity contribution in [3.63, 3.8) is 0 Å². The second-order valence-corrected chi connectivity index (χ2v) is 2.37. The molecule has 0 radical (unpaired) electrons. The minimum absolute atomic E-state index is 0. The maximum Gasteiger partial charge on any atom is 0 e. The van der Waals surface area contributed by atoms with Crippen molar-refractivity contribution >= 4 is 0 Å². The van der Waals surface area contributed by atoms with Crippen LogP contribution in [0.5, 0.6) is 0 Å². The Kier molecular flexibility index (Phi) is 2.63. The maximum absolute atomic E-state index is 3.95. The number of hydrogen-bond donors (Lipinski definition) is 0. The van der Waals surface area contributed by atoms with Crippen LogP contribution in [0.25, 0.3) is 0 Å². The first-order valence-electron chi connectivity index (χ1n) is 3.11. The number of rotatable bonds is 1. The van der Waals surface area contributed by atoms with Gasteiger partial charge in [0.1, 0.15) is 0 Å². The van der Waals surface area contributed by atoms with E-state index in [0.29, 0.717) is 5.92 Å². The van der Waals surface area contributed by atoms with Gasteiger partial charge in [-0.25, -0.2) is 12.1 Å². The van der Waals surface area contributed by atoms with E-state index < -0.39 is 0 Å². The van der Waals surface area contributed by atoms with Crippen LogP contribution in [-0.4, -0.2) is 4.98 Å². The quantitative estimate of drug-likeness (QED) is 0.672. The van der Waals surface area contributed by atoms with E-state index in [9.17, 15) is 0 Å². The normalized spacial score (nSPS) is 9.10. The van der Waals surface area contributed by atoms with E-state index in [1.165, 1.54) is 5.56 Å². The van der Waals surface area contributed by atoms with Gasteiger partial charge >= 0.3 is 0 Å². The Morgan fingerprint density at radius 2 is 2.20 bits per heavy atom. The molecule has 0 aliphatic heterocycles. The zero-order valence-electron chi connectivity index (χ0n) is 6.46. The Morgan fingerprint density at radius 3 is 2.50 bits per heavy atom. The fourth-order valence-corrected chi connectivity index (χ4v) is 0.653. The summed E-state index contributed by atoms with van der Waals surface area (Å²) in [6.07, 6.45) is 3.55. The molecule has 0 fully saturated rings. The van der Waals surface area contributed by atoms with Crippen molar-refractivity contribution in [2.24, 2.45) is 0 Å². The van der Waals surface area contributed by atoms with Crippen LogP contribution in [0, 0.1) is 6.07 Å². The topological polar surface area (TPSA) is 12.9 Å². The van der Waals surface area contributed by atoms with Crippen LogP contribution in [0.1, 0.15) is 25.3 Å². The molecule has 1 aromatic heterocycles. The van der Waals surface area contributed by atoms with Crippen molar-refractivity contribution in [3.05, 3.63) is 30.1 Å². The Labute approximate surface area is 55.7 Å². The van der Waals surface area contributed by atoms with Gasteiger partial charge in [0.05, 0.1) is 0 Å². The van der Waals surface area contributed by atoms with Crippen molar-refractivity contribution < 1.29 is 0 Å². The molecule has 1 heterocycles. The van der Waals surface area contributed by atoms with Gasteiger partial charge in [0.15, 0.2) is 0 Å². The molecule has 1 aromatic rings. The molecule has 0 aromatic carbocycles. The molecule has 50 valence electrons. The summed E-state index contributed by atoms with van der Waals surface area (Å²) in [5.41, 5.74) is 1.25. The molecule has 10 heavy (non-hydrogen) atoms. The van der Waals surface area contributed by atoms with E-state index in [2.05, 4.69) is 24.9 Å². The molecule has 0 aliphatic carbocycles. The van der Waals surface area contributed by atoms with Crippen molar-refractivity contribution in [3.8, 4) is 0 Å². The molecular formula is C8H10NRf-. The molecule has 0 saturated heterocycles. The van der Waals surface area contributed by atoms with Gasteiger partial charge in [-0.15, -0.1) is 0 Å². The predicted octanol–water partition coefficient (Wildman–Crippen LogP) is 2.01. The molecule has 0 saturated carbocycles. The molecule has 0 amide bonds. The minimum atomic E-state index is 0. The fraction of sp³-hybridized carbons (Fsp3) is 0.375. The maximum atomic E-state index is 3.95. The van der Waals surface area contributed by atoms with E-state index in [1.54, 1.807) is 6.20 Å². The molecule has 0 atom stereocenters. The van der Waals surface area contributed by atoms with E-state index in [-0.39, 0.29) is 0 Å². The summed E-state index contributed by atoms with van der Waals surface area (Å²) < 4.78 is 0. The summed E-state index contributed by atoms with van der Waals surface area (Å²) in [6, 6.07) is 4.90. The zero-order chi connectivity index (χ0) is 6.69. The van der Waals surface area contributed by atoms with Gasteiger partial charge in [-0.05, 0) is 0 Å². The molecule has 0 aliphatic rings. The van der Waals surface area contributed by atoms with Crippen molar-refractivity contribution in [2.45, 2.75) is 19.8 Å². The van der Waals surface area contributed by atoms with Crippen LogP contribution >= 0.6 is 0 Å². The van der Waals surface area contributed by atoms with Crippen LogP contribution in [0.4, 0.5) is 0 Å². The third-order valence-electron chi connectivity index (χ3n) is 1.29. The van der Waals surface area contributed by atoms with E-state index in [4.69, 9.17) is 0 Å². The Hall–Kier alpha value is -1.85. The summed E-state index contributed by atoms with van der Waals surface area (Å²) in [5.74, 6) is 0.565. The second-order valence-electron chi connectivity index (χ2n) is 2.37. The summed E-state index contributed by atoms with van der Waals surface area (Å²) in [6.45, 7) is 4.29. The molecule has 2 heteroatoms. The van der Waals surface area contributed by atoms with Crippen LogP contribution in [-0.2, 0) is 0 Å². The number of hydrogen-bond acceptors (Lipinski definition) is 1. The van der Waals surface area contributed by atoms with Crippen LogP contribution in [0.3, 0.4) is 0 Å². The number of nitrogens with zero attached hydrogens (tertiary/aromatic N) is 1. The number of aromatic nitrogens is 1. The summed E-state index contributed by atoms with van der Waals surface area (Å²) >= 11 is 0. The SMILES string of the molecule is CC(C)c1c[c-]cnc1.[Rf]. The molecule has 1 nitrogen and oxygen atoms in total. The summed E-state index contributed by atoms with van der Waals surface area (Å²) in [7, 11) is 0. The fourth-order valence-electron chi connectivity index (χ4n) is 0.653. The Balaban J connectivity index is 0.000000810. The largest absolute Gasteiger partial charge is 0.304 e. The molecular weight excluding hydrogens is 377 g/mol. The van der Waals surface area contributed by atoms with E-state index in [0.717, 1.165) is 0 Å². The van der Waals surface area contributed by atoms with Crippen molar-refractivity contribution in [1.82, 2.24) is 4.98 Å². The molecule has 0 bridgehead atoms. The first-order chi connectivity index (χ1) is 4.30. The van der Waals surface area contributed by atoms with E-state index in [1.807, 2.05) is 12.3 Å². The van der Waals surface area contributed by atoms with Crippen LogP contribution in [0.2, 0.25) is 0 Å². The molecule has 0 unspecified atom stereocenters. The van der Waals surface area contributed by atoms with Gasteiger partial charge in [0.25, 0.3) is 0 Å². The first-order valence-corrected chi connectivity index (χ1v) is 3.11. The molecule has 1 rings (SSSR count). The average molecular weight is 387 g/mol. The summed E-state index contributed by atoms with van der Waals surface area (Å²) in [4.78, 5) is 3.95. The third kappa shape index (κ3) is 1.58. The minimum Gasteiger partial charge on any atom is -0.304 e. The molecule has 0 N–H and O–H groups in total. The van der Waals surface area contributed by atoms with Crippen molar-refractivity contribution in [1.29, 1.82) is 0 Å². The predicted molar refractivity (Wildman–Crippen MR) is 37.2 cm³/mol. The van der Waals surface area contributed by atoms with Crippen molar-refractivity contribution in [2.75, 3.05) is 0 Å². The van der Waals surface area contributed by atoms with Gasteiger partial charge in [-0.2, -0.15) is 5.56 Å².